The smallest absolute Gasteiger partial charge is 0.405 e. The summed E-state index contributed by atoms with van der Waals surface area (Å²) in [5.74, 6) is -6.46. The molecule has 3 aliphatic rings. The number of carboxylic acid groups (broad SMARTS) is 1. The lowest BCUT2D eigenvalue weighted by Gasteiger charge is -2.35. The van der Waals surface area contributed by atoms with Gasteiger partial charge in [-0.25, -0.2) is 13.6 Å². The summed E-state index contributed by atoms with van der Waals surface area (Å²) in [6, 6.07) is -3.88. The van der Waals surface area contributed by atoms with E-state index in [1.807, 2.05) is 0 Å². The fraction of sp³-hybridized carbons (Fsp3) is 0.808. The molecule has 2 saturated heterocycles. The maximum atomic E-state index is 13.7. The average Bonchev–Trinajstić information content (AvgIpc) is 3.29. The van der Waals surface area contributed by atoms with Gasteiger partial charge in [0.05, 0.1) is 6.04 Å². The number of Topliss-reactive ketones (excluding diaryl/α,β-unsaturated/α-hetero) is 1. The van der Waals surface area contributed by atoms with Crippen molar-refractivity contribution in [3.8, 4) is 0 Å². The van der Waals surface area contributed by atoms with Crippen molar-refractivity contribution in [1.82, 2.24) is 20.9 Å². The van der Waals surface area contributed by atoms with Crippen LogP contribution in [0.5, 0.6) is 0 Å². The lowest BCUT2D eigenvalue weighted by Crippen LogP contribution is -2.59. The van der Waals surface area contributed by atoms with Gasteiger partial charge in [-0.2, -0.15) is 0 Å². The summed E-state index contributed by atoms with van der Waals surface area (Å²) < 4.78 is 32.8. The Hall–Kier alpha value is -2.83. The van der Waals surface area contributed by atoms with Crippen molar-refractivity contribution in [3.05, 3.63) is 0 Å². The van der Waals surface area contributed by atoms with Gasteiger partial charge in [0.25, 0.3) is 5.91 Å². The molecule has 0 radical (unpaired) electrons. The van der Waals surface area contributed by atoms with Crippen LogP contribution in [-0.4, -0.2) is 89.5 Å². The number of rotatable bonds is 11. The monoisotopic (exact) mass is 558 g/mol. The molecule has 1 saturated carbocycles. The molecule has 5 atom stereocenters. The quantitative estimate of drug-likeness (QED) is 0.282. The molecule has 11 nitrogen and oxygen atoms in total. The maximum Gasteiger partial charge on any atom is 0.405 e. The van der Waals surface area contributed by atoms with Gasteiger partial charge in [-0.05, 0) is 56.3 Å². The Morgan fingerprint density at radius 1 is 1.03 bits per heavy atom. The largest absolute Gasteiger partial charge is 0.465 e. The number of nitrogens with one attached hydrogen (secondary N) is 3. The van der Waals surface area contributed by atoms with Crippen molar-refractivity contribution in [2.45, 2.75) is 96.3 Å². The standard InChI is InChI=1S/C26H40F2N4O7/c1-25(2,3)20(31-24(37)38)23(36)32-12-15(14-8-10-39-13-14)11-18(32)21(34)30-17(7-9-26(4,27)28)19(33)22(35)29-16-5-6-16/h14-18,20,31H,5-13H2,1-4H3,(H,29,35)(H,30,34)(H,37,38)/t14?,15?,17?,18-,20+/m0/s1. The third kappa shape index (κ3) is 8.58. The Kier molecular flexibility index (Phi) is 9.56. The lowest BCUT2D eigenvalue weighted by molar-refractivity contribution is -0.144. The highest BCUT2D eigenvalue weighted by molar-refractivity contribution is 6.38. The summed E-state index contributed by atoms with van der Waals surface area (Å²) in [6.07, 6.45) is -0.180. The number of hydrogen-bond acceptors (Lipinski definition) is 6. The highest BCUT2D eigenvalue weighted by Crippen LogP contribution is 2.35. The highest BCUT2D eigenvalue weighted by Gasteiger charge is 2.47. The number of carbonyl (C=O) groups excluding carboxylic acids is 4. The number of ketones is 1. The van der Waals surface area contributed by atoms with Gasteiger partial charge in [0.2, 0.25) is 23.5 Å². The molecule has 220 valence electrons. The Labute approximate surface area is 226 Å². The Morgan fingerprint density at radius 2 is 1.69 bits per heavy atom. The molecular formula is C26H40F2N4O7. The Morgan fingerprint density at radius 3 is 2.21 bits per heavy atom. The number of halogens is 2. The van der Waals surface area contributed by atoms with Gasteiger partial charge in [-0.1, -0.05) is 20.8 Å². The van der Waals surface area contributed by atoms with Crippen LogP contribution >= 0.6 is 0 Å². The van der Waals surface area contributed by atoms with Crippen molar-refractivity contribution in [1.29, 1.82) is 0 Å². The maximum absolute atomic E-state index is 13.7. The molecule has 13 heteroatoms. The van der Waals surface area contributed by atoms with Gasteiger partial charge in [0.15, 0.2) is 0 Å². The van der Waals surface area contributed by atoms with Crippen LogP contribution in [0.25, 0.3) is 0 Å². The van der Waals surface area contributed by atoms with Crippen molar-refractivity contribution < 1.29 is 42.6 Å². The van der Waals surface area contributed by atoms with Crippen molar-refractivity contribution >= 4 is 29.6 Å². The van der Waals surface area contributed by atoms with Crippen molar-refractivity contribution in [2.24, 2.45) is 17.3 Å². The summed E-state index contributed by atoms with van der Waals surface area (Å²) in [4.78, 5) is 65.3. The van der Waals surface area contributed by atoms with Gasteiger partial charge in [0.1, 0.15) is 12.1 Å². The summed E-state index contributed by atoms with van der Waals surface area (Å²) in [7, 11) is 0. The molecule has 1 aliphatic carbocycles. The van der Waals surface area contributed by atoms with E-state index in [-0.39, 0.29) is 30.8 Å². The van der Waals surface area contributed by atoms with Gasteiger partial charge in [-0.3, -0.25) is 19.2 Å². The van der Waals surface area contributed by atoms with E-state index in [9.17, 15) is 37.9 Å². The number of alkyl halides is 2. The van der Waals surface area contributed by atoms with E-state index in [2.05, 4.69) is 16.0 Å². The first-order valence-electron chi connectivity index (χ1n) is 13.5. The Balaban J connectivity index is 1.84. The van der Waals surface area contributed by atoms with Gasteiger partial charge >= 0.3 is 6.09 Å². The topological polar surface area (TPSA) is 154 Å². The molecule has 0 aromatic carbocycles. The van der Waals surface area contributed by atoms with Gasteiger partial charge < -0.3 is 30.7 Å². The van der Waals surface area contributed by atoms with Crippen LogP contribution in [0.3, 0.4) is 0 Å². The van der Waals surface area contributed by atoms with E-state index >= 15 is 0 Å². The molecule has 39 heavy (non-hydrogen) atoms. The minimum atomic E-state index is -3.12. The average molecular weight is 559 g/mol. The number of amides is 4. The zero-order chi connectivity index (χ0) is 29.1. The van der Waals surface area contributed by atoms with Crippen molar-refractivity contribution in [2.75, 3.05) is 19.8 Å². The van der Waals surface area contributed by atoms with E-state index in [4.69, 9.17) is 4.74 Å². The normalized spacial score (nSPS) is 25.1. The molecular weight excluding hydrogens is 518 g/mol. The van der Waals surface area contributed by atoms with Crippen LogP contribution in [0.1, 0.15) is 66.2 Å². The fourth-order valence-corrected chi connectivity index (χ4v) is 5.14. The summed E-state index contributed by atoms with van der Waals surface area (Å²) in [5.41, 5.74) is -0.822. The predicted molar refractivity (Wildman–Crippen MR) is 135 cm³/mol. The number of hydrogen-bond donors (Lipinski definition) is 4. The SMILES string of the molecule is CC(F)(F)CCC(NC(=O)[C@@H]1CC(C2CCOC2)CN1C(=O)[C@@H](NC(=O)O)C(C)(C)C)C(=O)C(=O)NC1CC1. The molecule has 3 rings (SSSR count). The third-order valence-electron chi connectivity index (χ3n) is 7.57. The predicted octanol–water partition coefficient (Wildman–Crippen LogP) is 1.69. The molecule has 0 spiro atoms. The summed E-state index contributed by atoms with van der Waals surface area (Å²) in [5, 5.41) is 16.6. The molecule has 4 amide bonds. The lowest BCUT2D eigenvalue weighted by atomic mass is 9.85. The number of ether oxygens (including phenoxy) is 1. The zero-order valence-corrected chi connectivity index (χ0v) is 22.9. The molecule has 0 aromatic rings. The van der Waals surface area contributed by atoms with Gasteiger partial charge in [-0.15, -0.1) is 0 Å². The molecule has 4 N–H and O–H groups in total. The van der Waals surface area contributed by atoms with Crippen LogP contribution in [0, 0.1) is 17.3 Å². The van der Waals surface area contributed by atoms with Crippen LogP contribution in [0.2, 0.25) is 0 Å². The van der Waals surface area contributed by atoms with Gasteiger partial charge in [0, 0.05) is 32.2 Å². The second kappa shape index (κ2) is 12.1. The number of carbonyl (C=O) groups is 5. The third-order valence-corrected chi connectivity index (χ3v) is 7.57. The highest BCUT2D eigenvalue weighted by atomic mass is 19.3. The minimum Gasteiger partial charge on any atom is -0.465 e. The van der Waals surface area contributed by atoms with E-state index < -0.39 is 71.9 Å². The first-order chi connectivity index (χ1) is 18.1. The molecule has 3 unspecified atom stereocenters. The zero-order valence-electron chi connectivity index (χ0n) is 22.9. The van der Waals surface area contributed by atoms with E-state index in [0.29, 0.717) is 33.0 Å². The van der Waals surface area contributed by atoms with Crippen molar-refractivity contribution in [3.63, 3.8) is 0 Å². The fourth-order valence-electron chi connectivity index (χ4n) is 5.14. The summed E-state index contributed by atoms with van der Waals surface area (Å²) in [6.45, 7) is 6.95. The number of likely N-dealkylation sites (tertiary alicyclic amines) is 1. The Bertz CT molecular complexity index is 955. The number of nitrogens with zero attached hydrogens (tertiary/aromatic N) is 1. The molecule has 2 aliphatic heterocycles. The van der Waals surface area contributed by atoms with Crippen LogP contribution in [-0.2, 0) is 23.9 Å². The van der Waals surface area contributed by atoms with E-state index in [1.54, 1.807) is 20.8 Å². The second-order valence-electron chi connectivity index (χ2n) is 12.2. The first kappa shape index (κ1) is 30.7. The van der Waals surface area contributed by atoms with Crippen LogP contribution < -0.4 is 16.0 Å². The molecule has 3 fully saturated rings. The first-order valence-corrected chi connectivity index (χ1v) is 13.5. The minimum absolute atomic E-state index is 0.0825. The molecule has 2 heterocycles. The van der Waals surface area contributed by atoms with E-state index in [0.717, 1.165) is 6.42 Å². The van der Waals surface area contributed by atoms with E-state index in [1.165, 1.54) is 4.90 Å². The molecule has 0 bridgehead atoms. The van der Waals surface area contributed by atoms with Crippen LogP contribution in [0.4, 0.5) is 13.6 Å². The summed E-state index contributed by atoms with van der Waals surface area (Å²) >= 11 is 0. The second-order valence-corrected chi connectivity index (χ2v) is 12.2. The molecule has 0 aromatic heterocycles. The van der Waals surface area contributed by atoms with Crippen LogP contribution in [0.15, 0.2) is 0 Å².